The zero-order chi connectivity index (χ0) is 12.0. The van der Waals surface area contributed by atoms with Crippen LogP contribution in [0.15, 0.2) is 12.2 Å². The van der Waals surface area contributed by atoms with Crippen LogP contribution in [0.2, 0.25) is 0 Å². The number of ether oxygens (including phenoxy) is 2. The van der Waals surface area contributed by atoms with Crippen LogP contribution in [0.5, 0.6) is 0 Å². The largest absolute Gasteiger partial charge is 0.508 e. The molecule has 0 aliphatic heterocycles. The van der Waals surface area contributed by atoms with E-state index in [4.69, 9.17) is 9.47 Å². The fourth-order valence-electron chi connectivity index (χ4n) is 1.46. The number of hydrogen-bond donors (Lipinski definition) is 1. The molecule has 1 amide bonds. The molecule has 5 nitrogen and oxygen atoms in total. The molecule has 1 aliphatic carbocycles. The summed E-state index contributed by atoms with van der Waals surface area (Å²) < 4.78 is 9.81. The third-order valence-corrected chi connectivity index (χ3v) is 2.10. The van der Waals surface area contributed by atoms with E-state index in [1.165, 1.54) is 6.92 Å². The highest BCUT2D eigenvalue weighted by atomic mass is 16.7. The molecule has 1 rings (SSSR count). The molecule has 0 bridgehead atoms. The molecule has 1 N–H and O–H groups in total. The first-order valence-electron chi connectivity index (χ1n) is 5.40. The van der Waals surface area contributed by atoms with Crippen molar-refractivity contribution in [1.29, 1.82) is 0 Å². The maximum absolute atomic E-state index is 11.1. The van der Waals surface area contributed by atoms with Crippen molar-refractivity contribution in [3.8, 4) is 0 Å². The average molecular weight is 227 g/mol. The zero-order valence-electron chi connectivity index (χ0n) is 9.56. The lowest BCUT2D eigenvalue weighted by Gasteiger charge is -2.13. The van der Waals surface area contributed by atoms with Gasteiger partial charge in [0.15, 0.2) is 0 Å². The Bertz CT molecular complexity index is 288. The van der Waals surface area contributed by atoms with Crippen molar-refractivity contribution in [3.63, 3.8) is 0 Å². The molecule has 90 valence electrons. The van der Waals surface area contributed by atoms with Crippen molar-refractivity contribution in [1.82, 2.24) is 5.32 Å². The predicted octanol–water partition coefficient (Wildman–Crippen LogP) is 1.38. The first kappa shape index (κ1) is 12.5. The van der Waals surface area contributed by atoms with Crippen LogP contribution in [-0.4, -0.2) is 30.8 Å². The van der Waals surface area contributed by atoms with Gasteiger partial charge in [0.1, 0.15) is 6.10 Å². The second kappa shape index (κ2) is 6.15. The summed E-state index contributed by atoms with van der Waals surface area (Å²) in [7, 11) is 0. The van der Waals surface area contributed by atoms with Gasteiger partial charge in [-0.25, -0.2) is 4.79 Å². The van der Waals surface area contributed by atoms with Gasteiger partial charge in [0.05, 0.1) is 12.6 Å². The molecule has 2 unspecified atom stereocenters. The van der Waals surface area contributed by atoms with Gasteiger partial charge >= 0.3 is 6.16 Å². The minimum absolute atomic E-state index is 0.0542. The maximum atomic E-state index is 11.1. The van der Waals surface area contributed by atoms with Crippen LogP contribution < -0.4 is 5.32 Å². The van der Waals surface area contributed by atoms with Crippen molar-refractivity contribution in [2.24, 2.45) is 0 Å². The Balaban J connectivity index is 2.24. The Morgan fingerprint density at radius 2 is 2.19 bits per heavy atom. The summed E-state index contributed by atoms with van der Waals surface area (Å²) in [6, 6.07) is -0.0542. The van der Waals surface area contributed by atoms with Gasteiger partial charge in [0.25, 0.3) is 0 Å². The van der Waals surface area contributed by atoms with Crippen molar-refractivity contribution in [2.45, 2.75) is 38.8 Å². The fourth-order valence-corrected chi connectivity index (χ4v) is 1.46. The standard InChI is InChI=1S/C11H17NO4/c1-3-6-15-11(14)16-10-5-4-9(7-10)12-8(2)13/h4-5,9-10H,3,6-7H2,1-2H3,(H,12,13). The lowest BCUT2D eigenvalue weighted by molar-refractivity contribution is -0.119. The van der Waals surface area contributed by atoms with Gasteiger partial charge < -0.3 is 14.8 Å². The summed E-state index contributed by atoms with van der Waals surface area (Å²) in [5.74, 6) is -0.0936. The van der Waals surface area contributed by atoms with E-state index in [2.05, 4.69) is 5.32 Å². The molecule has 0 fully saturated rings. The van der Waals surface area contributed by atoms with Gasteiger partial charge in [0.2, 0.25) is 5.91 Å². The lowest BCUT2D eigenvalue weighted by atomic mass is 10.2. The molecule has 1 aliphatic rings. The van der Waals surface area contributed by atoms with E-state index in [0.29, 0.717) is 13.0 Å². The summed E-state index contributed by atoms with van der Waals surface area (Å²) in [5.41, 5.74) is 0. The van der Waals surface area contributed by atoms with Gasteiger partial charge in [-0.1, -0.05) is 13.0 Å². The highest BCUT2D eigenvalue weighted by Crippen LogP contribution is 2.14. The molecule has 0 saturated heterocycles. The summed E-state index contributed by atoms with van der Waals surface area (Å²) in [4.78, 5) is 21.9. The maximum Gasteiger partial charge on any atom is 0.508 e. The van der Waals surface area contributed by atoms with Gasteiger partial charge in [-0.2, -0.15) is 0 Å². The third kappa shape index (κ3) is 4.33. The van der Waals surface area contributed by atoms with Crippen molar-refractivity contribution in [3.05, 3.63) is 12.2 Å². The highest BCUT2D eigenvalue weighted by Gasteiger charge is 2.22. The fraction of sp³-hybridized carbons (Fsp3) is 0.636. The van der Waals surface area contributed by atoms with Crippen LogP contribution in [0.3, 0.4) is 0 Å². The molecule has 0 aromatic rings. The van der Waals surface area contributed by atoms with Crippen LogP contribution in [-0.2, 0) is 14.3 Å². The van der Waals surface area contributed by atoms with Crippen molar-refractivity contribution in [2.75, 3.05) is 6.61 Å². The van der Waals surface area contributed by atoms with Crippen LogP contribution in [0, 0.1) is 0 Å². The second-order valence-electron chi connectivity index (χ2n) is 3.68. The molecular formula is C11H17NO4. The molecule has 16 heavy (non-hydrogen) atoms. The second-order valence-corrected chi connectivity index (χ2v) is 3.68. The molecule has 0 aromatic heterocycles. The highest BCUT2D eigenvalue weighted by molar-refractivity contribution is 5.73. The van der Waals surface area contributed by atoms with Crippen LogP contribution >= 0.6 is 0 Å². The molecule has 5 heteroatoms. The number of hydrogen-bond acceptors (Lipinski definition) is 4. The molecule has 0 aromatic carbocycles. The Labute approximate surface area is 94.8 Å². The summed E-state index contributed by atoms with van der Waals surface area (Å²) >= 11 is 0. The topological polar surface area (TPSA) is 64.6 Å². The Kier molecular flexibility index (Phi) is 4.82. The van der Waals surface area contributed by atoms with Gasteiger partial charge in [-0.05, 0) is 12.5 Å². The van der Waals surface area contributed by atoms with Crippen molar-refractivity contribution < 1.29 is 19.1 Å². The molecular weight excluding hydrogens is 210 g/mol. The lowest BCUT2D eigenvalue weighted by Crippen LogP contribution is -2.31. The number of nitrogens with one attached hydrogen (secondary N) is 1. The summed E-state index contributed by atoms with van der Waals surface area (Å²) in [6.45, 7) is 3.73. The van der Waals surface area contributed by atoms with E-state index in [-0.39, 0.29) is 18.1 Å². The van der Waals surface area contributed by atoms with Crippen LogP contribution in [0.1, 0.15) is 26.7 Å². The van der Waals surface area contributed by atoms with E-state index >= 15 is 0 Å². The first-order valence-corrected chi connectivity index (χ1v) is 5.40. The normalized spacial score (nSPS) is 22.9. The molecule has 0 radical (unpaired) electrons. The van der Waals surface area contributed by atoms with E-state index in [1.807, 2.05) is 13.0 Å². The minimum atomic E-state index is -0.653. The number of rotatable bonds is 4. The smallest absolute Gasteiger partial charge is 0.434 e. The quantitative estimate of drug-likeness (QED) is 0.582. The van der Waals surface area contributed by atoms with Crippen molar-refractivity contribution >= 4 is 12.1 Å². The minimum Gasteiger partial charge on any atom is -0.434 e. The average Bonchev–Trinajstić information content (AvgIpc) is 2.61. The van der Waals surface area contributed by atoms with Gasteiger partial charge in [-0.3, -0.25) is 4.79 Å². The Hall–Kier alpha value is -1.52. The molecule has 2 atom stereocenters. The molecule has 0 saturated carbocycles. The Morgan fingerprint density at radius 1 is 1.44 bits per heavy atom. The SMILES string of the molecule is CCCOC(=O)OC1C=CC(NC(C)=O)C1. The number of carbonyl (C=O) groups excluding carboxylic acids is 2. The van der Waals surface area contributed by atoms with Crippen LogP contribution in [0.25, 0.3) is 0 Å². The summed E-state index contributed by atoms with van der Waals surface area (Å²) in [5, 5.41) is 2.73. The molecule has 0 heterocycles. The predicted molar refractivity (Wildman–Crippen MR) is 57.9 cm³/mol. The van der Waals surface area contributed by atoms with E-state index in [1.54, 1.807) is 6.08 Å². The first-order chi connectivity index (χ1) is 7.61. The van der Waals surface area contributed by atoms with Gasteiger partial charge in [0, 0.05) is 13.3 Å². The van der Waals surface area contributed by atoms with Crippen LogP contribution in [0.4, 0.5) is 4.79 Å². The number of amides is 1. The van der Waals surface area contributed by atoms with E-state index in [0.717, 1.165) is 6.42 Å². The Morgan fingerprint density at radius 3 is 2.81 bits per heavy atom. The summed E-state index contributed by atoms with van der Waals surface area (Å²) in [6.07, 6.45) is 3.96. The van der Waals surface area contributed by atoms with E-state index in [9.17, 15) is 9.59 Å². The molecule has 0 spiro atoms. The number of carbonyl (C=O) groups is 2. The van der Waals surface area contributed by atoms with Gasteiger partial charge in [-0.15, -0.1) is 0 Å². The third-order valence-electron chi connectivity index (χ3n) is 2.10. The van der Waals surface area contributed by atoms with E-state index < -0.39 is 6.16 Å². The monoisotopic (exact) mass is 227 g/mol. The zero-order valence-corrected chi connectivity index (χ0v) is 9.56.